The molecule has 0 bridgehead atoms. The molecule has 0 aromatic heterocycles. The summed E-state index contributed by atoms with van der Waals surface area (Å²) in [6, 6.07) is 8.40. The van der Waals surface area contributed by atoms with Gasteiger partial charge in [0.2, 0.25) is 0 Å². The van der Waals surface area contributed by atoms with Crippen molar-refractivity contribution in [3.63, 3.8) is 0 Å². The molecule has 1 aromatic carbocycles. The number of nitrogens with one attached hydrogen (secondary N) is 2. The highest BCUT2D eigenvalue weighted by Gasteiger charge is 2.38. The van der Waals surface area contributed by atoms with E-state index >= 15 is 0 Å². The maximum absolute atomic E-state index is 11.6. The van der Waals surface area contributed by atoms with E-state index in [0.717, 1.165) is 25.9 Å². The van der Waals surface area contributed by atoms with E-state index in [1.165, 1.54) is 11.3 Å². The van der Waals surface area contributed by atoms with Crippen LogP contribution < -0.4 is 10.6 Å². The number of hydrogen-bond acceptors (Lipinski definition) is 4. The lowest BCUT2D eigenvalue weighted by Gasteiger charge is -2.31. The van der Waals surface area contributed by atoms with Crippen LogP contribution in [0.1, 0.15) is 18.9 Å². The minimum absolute atomic E-state index is 0.240. The SMILES string of the molecule is CC1(NCC2CNc3ccccc3C2)CCS(=O)(=O)C1. The summed E-state index contributed by atoms with van der Waals surface area (Å²) >= 11 is 0. The van der Waals surface area contributed by atoms with Crippen molar-refractivity contribution in [1.29, 1.82) is 0 Å². The third kappa shape index (κ3) is 2.99. The third-order valence-corrected chi connectivity index (χ3v) is 6.33. The summed E-state index contributed by atoms with van der Waals surface area (Å²) in [5.74, 6) is 1.11. The zero-order chi connectivity index (χ0) is 14.2. The van der Waals surface area contributed by atoms with Crippen molar-refractivity contribution in [2.24, 2.45) is 5.92 Å². The van der Waals surface area contributed by atoms with Crippen LogP contribution in [-0.2, 0) is 16.3 Å². The molecule has 5 heteroatoms. The molecule has 2 N–H and O–H groups in total. The first-order chi connectivity index (χ1) is 9.46. The van der Waals surface area contributed by atoms with Crippen LogP contribution in [-0.4, -0.2) is 38.6 Å². The molecule has 2 heterocycles. The molecule has 2 unspecified atom stereocenters. The zero-order valence-electron chi connectivity index (χ0n) is 11.9. The fourth-order valence-electron chi connectivity index (χ4n) is 3.19. The highest BCUT2D eigenvalue weighted by Crippen LogP contribution is 2.26. The average molecular weight is 294 g/mol. The van der Waals surface area contributed by atoms with E-state index in [-0.39, 0.29) is 11.3 Å². The van der Waals surface area contributed by atoms with E-state index in [4.69, 9.17) is 0 Å². The van der Waals surface area contributed by atoms with E-state index in [9.17, 15) is 8.42 Å². The molecular formula is C15H22N2O2S. The average Bonchev–Trinajstić information content (AvgIpc) is 2.71. The van der Waals surface area contributed by atoms with Crippen LogP contribution in [0.15, 0.2) is 24.3 Å². The largest absolute Gasteiger partial charge is 0.384 e. The van der Waals surface area contributed by atoms with Crippen molar-refractivity contribution in [3.8, 4) is 0 Å². The quantitative estimate of drug-likeness (QED) is 0.885. The molecule has 0 spiro atoms. The Labute approximate surface area is 120 Å². The molecular weight excluding hydrogens is 272 g/mol. The van der Waals surface area contributed by atoms with Crippen molar-refractivity contribution < 1.29 is 8.42 Å². The van der Waals surface area contributed by atoms with E-state index in [1.807, 2.05) is 6.92 Å². The minimum Gasteiger partial charge on any atom is -0.384 e. The van der Waals surface area contributed by atoms with Gasteiger partial charge in [0, 0.05) is 24.3 Å². The van der Waals surface area contributed by atoms with Gasteiger partial charge in [0.1, 0.15) is 0 Å². The van der Waals surface area contributed by atoms with Crippen LogP contribution in [0.5, 0.6) is 0 Å². The summed E-state index contributed by atoms with van der Waals surface area (Å²) < 4.78 is 23.2. The van der Waals surface area contributed by atoms with Crippen molar-refractivity contribution >= 4 is 15.5 Å². The summed E-state index contributed by atoms with van der Waals surface area (Å²) in [7, 11) is -2.83. The second-order valence-electron chi connectivity index (χ2n) is 6.39. The molecule has 2 aliphatic rings. The number of fused-ring (bicyclic) bond motifs is 1. The van der Waals surface area contributed by atoms with E-state index in [2.05, 4.69) is 34.9 Å². The van der Waals surface area contributed by atoms with Gasteiger partial charge in [-0.25, -0.2) is 8.42 Å². The molecule has 0 radical (unpaired) electrons. The number of para-hydroxylation sites is 1. The Morgan fingerprint density at radius 2 is 2.20 bits per heavy atom. The van der Waals surface area contributed by atoms with Crippen LogP contribution in [0, 0.1) is 5.92 Å². The first-order valence-corrected chi connectivity index (χ1v) is 9.05. The minimum atomic E-state index is -2.83. The lowest BCUT2D eigenvalue weighted by atomic mass is 9.92. The lowest BCUT2D eigenvalue weighted by Crippen LogP contribution is -2.47. The number of sulfone groups is 1. The highest BCUT2D eigenvalue weighted by molar-refractivity contribution is 7.91. The number of anilines is 1. The summed E-state index contributed by atoms with van der Waals surface area (Å²) in [4.78, 5) is 0. The molecule has 2 aliphatic heterocycles. The fourth-order valence-corrected chi connectivity index (χ4v) is 5.32. The standard InChI is InChI=1S/C15H22N2O2S/c1-15(6-7-20(18,19)11-15)17-10-12-8-13-4-2-3-5-14(13)16-9-12/h2-5,12,16-17H,6-11H2,1H3. The number of rotatable bonds is 3. The van der Waals surface area contributed by atoms with Gasteiger partial charge in [0.25, 0.3) is 0 Å². The summed E-state index contributed by atoms with van der Waals surface area (Å²) in [6.07, 6.45) is 1.78. The summed E-state index contributed by atoms with van der Waals surface area (Å²) in [6.45, 7) is 3.85. The highest BCUT2D eigenvalue weighted by atomic mass is 32.2. The van der Waals surface area contributed by atoms with Gasteiger partial charge in [-0.05, 0) is 37.3 Å². The predicted octanol–water partition coefficient (Wildman–Crippen LogP) is 1.44. The maximum atomic E-state index is 11.6. The smallest absolute Gasteiger partial charge is 0.152 e. The third-order valence-electron chi connectivity index (χ3n) is 4.43. The van der Waals surface area contributed by atoms with Gasteiger partial charge in [-0.15, -0.1) is 0 Å². The lowest BCUT2D eigenvalue weighted by molar-refractivity contribution is 0.354. The number of benzene rings is 1. The zero-order valence-corrected chi connectivity index (χ0v) is 12.7. The van der Waals surface area contributed by atoms with Crippen molar-refractivity contribution in [1.82, 2.24) is 5.32 Å². The second-order valence-corrected chi connectivity index (χ2v) is 8.58. The Kier molecular flexibility index (Phi) is 3.50. The topological polar surface area (TPSA) is 58.2 Å². The van der Waals surface area contributed by atoms with Gasteiger partial charge < -0.3 is 10.6 Å². The molecule has 0 saturated carbocycles. The molecule has 1 aromatic rings. The van der Waals surface area contributed by atoms with E-state index in [1.54, 1.807) is 0 Å². The first-order valence-electron chi connectivity index (χ1n) is 7.23. The van der Waals surface area contributed by atoms with Crippen LogP contribution >= 0.6 is 0 Å². The molecule has 1 fully saturated rings. The molecule has 3 rings (SSSR count). The Morgan fingerprint density at radius 1 is 1.40 bits per heavy atom. The number of hydrogen-bond donors (Lipinski definition) is 2. The summed E-state index contributed by atoms with van der Waals surface area (Å²) in [5, 5.41) is 6.95. The molecule has 4 nitrogen and oxygen atoms in total. The van der Waals surface area contributed by atoms with E-state index < -0.39 is 9.84 Å². The van der Waals surface area contributed by atoms with Gasteiger partial charge >= 0.3 is 0 Å². The van der Waals surface area contributed by atoms with Gasteiger partial charge in [-0.1, -0.05) is 18.2 Å². The predicted molar refractivity (Wildman–Crippen MR) is 81.8 cm³/mol. The fraction of sp³-hybridized carbons (Fsp3) is 0.600. The first kappa shape index (κ1) is 13.9. The molecule has 110 valence electrons. The van der Waals surface area contributed by atoms with Gasteiger partial charge in [-0.2, -0.15) is 0 Å². The maximum Gasteiger partial charge on any atom is 0.152 e. The van der Waals surface area contributed by atoms with Crippen LogP contribution in [0.4, 0.5) is 5.69 Å². The Morgan fingerprint density at radius 3 is 2.95 bits per heavy atom. The Hall–Kier alpha value is -1.07. The Bertz CT molecular complexity index is 600. The summed E-state index contributed by atoms with van der Waals surface area (Å²) in [5.41, 5.74) is 2.35. The van der Waals surface area contributed by atoms with Crippen molar-refractivity contribution in [3.05, 3.63) is 29.8 Å². The molecule has 0 aliphatic carbocycles. The van der Waals surface area contributed by atoms with Crippen molar-refractivity contribution in [2.45, 2.75) is 25.3 Å². The van der Waals surface area contributed by atoms with Crippen LogP contribution in [0.3, 0.4) is 0 Å². The molecule has 20 heavy (non-hydrogen) atoms. The monoisotopic (exact) mass is 294 g/mol. The molecule has 0 amide bonds. The van der Waals surface area contributed by atoms with Crippen molar-refractivity contribution in [2.75, 3.05) is 29.9 Å². The van der Waals surface area contributed by atoms with Gasteiger partial charge in [0.15, 0.2) is 9.84 Å². The van der Waals surface area contributed by atoms with Crippen LogP contribution in [0.2, 0.25) is 0 Å². The molecule has 1 saturated heterocycles. The van der Waals surface area contributed by atoms with Crippen LogP contribution in [0.25, 0.3) is 0 Å². The van der Waals surface area contributed by atoms with Gasteiger partial charge in [-0.3, -0.25) is 0 Å². The van der Waals surface area contributed by atoms with Gasteiger partial charge in [0.05, 0.1) is 11.5 Å². The Balaban J connectivity index is 1.58. The normalized spacial score (nSPS) is 31.6. The molecule has 2 atom stereocenters. The second kappa shape index (κ2) is 5.04. The van der Waals surface area contributed by atoms with E-state index in [0.29, 0.717) is 11.7 Å².